The van der Waals surface area contributed by atoms with E-state index in [4.69, 9.17) is 20.3 Å². The molecule has 2 aromatic heterocycles. The van der Waals surface area contributed by atoms with Crippen LogP contribution in [0.25, 0.3) is 11.2 Å². The number of nitrogens with zero attached hydrogens (tertiary/aromatic N) is 4. The van der Waals surface area contributed by atoms with Gasteiger partial charge in [0.15, 0.2) is 17.7 Å². The third-order valence-electron chi connectivity index (χ3n) is 3.61. The van der Waals surface area contributed by atoms with E-state index in [9.17, 15) is 24.2 Å². The number of anilines is 1. The van der Waals surface area contributed by atoms with Crippen LogP contribution in [-0.4, -0.2) is 69.3 Å². The molecular formula is C10H15N5O10P2. The highest BCUT2D eigenvalue weighted by atomic mass is 31.3. The number of hydrogen-bond donors (Lipinski definition) is 6. The zero-order valence-corrected chi connectivity index (χ0v) is 15.0. The van der Waals surface area contributed by atoms with Gasteiger partial charge in [-0.2, -0.15) is 4.31 Å². The number of nitrogens with two attached hydrogens (primary N) is 1. The monoisotopic (exact) mass is 427 g/mol. The molecule has 3 rings (SSSR count). The van der Waals surface area contributed by atoms with Crippen molar-refractivity contribution in [1.29, 1.82) is 0 Å². The number of phosphoric ester groups is 1. The molecule has 0 bridgehead atoms. The Kier molecular flexibility index (Phi) is 5.35. The van der Waals surface area contributed by atoms with Crippen LogP contribution in [-0.2, 0) is 22.7 Å². The fraction of sp³-hybridized carbons (Fsp3) is 0.500. The number of rotatable bonds is 6. The predicted octanol–water partition coefficient (Wildman–Crippen LogP) is -1.75. The van der Waals surface area contributed by atoms with Crippen molar-refractivity contribution in [3.8, 4) is 0 Å². The lowest BCUT2D eigenvalue weighted by Gasteiger charge is -2.17. The first-order chi connectivity index (χ1) is 12.5. The summed E-state index contributed by atoms with van der Waals surface area (Å²) in [6, 6.07) is 0. The summed E-state index contributed by atoms with van der Waals surface area (Å²) < 4.78 is 36.8. The van der Waals surface area contributed by atoms with Crippen LogP contribution in [0.4, 0.5) is 5.82 Å². The number of hydrogen-bond acceptors (Lipinski definition) is 11. The molecule has 3 unspecified atom stereocenters. The summed E-state index contributed by atoms with van der Waals surface area (Å²) in [5.74, 6) is 0.0856. The van der Waals surface area contributed by atoms with Crippen molar-refractivity contribution in [2.45, 2.75) is 24.5 Å². The molecule has 0 aliphatic carbocycles. The highest BCUT2D eigenvalue weighted by Crippen LogP contribution is 2.57. The predicted molar refractivity (Wildman–Crippen MR) is 84.6 cm³/mol. The fourth-order valence-corrected chi connectivity index (χ4v) is 4.08. The van der Waals surface area contributed by atoms with E-state index in [0.717, 1.165) is 6.33 Å². The molecule has 0 saturated carbocycles. The summed E-state index contributed by atoms with van der Waals surface area (Å²) in [4.78, 5) is 38.1. The summed E-state index contributed by atoms with van der Waals surface area (Å²) in [6.45, 7) is -0.813. The van der Waals surface area contributed by atoms with Crippen molar-refractivity contribution >= 4 is 32.6 Å². The smallest absolute Gasteiger partial charge is 0.387 e. The van der Waals surface area contributed by atoms with Gasteiger partial charge in [-0.05, 0) is 0 Å². The fourth-order valence-electron chi connectivity index (χ4n) is 2.48. The van der Waals surface area contributed by atoms with E-state index in [-0.39, 0.29) is 17.0 Å². The normalized spacial score (nSPS) is 28.5. The van der Waals surface area contributed by atoms with Crippen molar-refractivity contribution in [2.75, 3.05) is 12.3 Å². The van der Waals surface area contributed by atoms with Crippen LogP contribution < -0.4 is 5.73 Å². The first kappa shape index (κ1) is 20.2. The molecule has 17 heteroatoms. The first-order valence-corrected chi connectivity index (χ1v) is 10.2. The maximum absolute atomic E-state index is 11.5. The number of nitrogen functional groups attached to an aromatic ring is 1. The third-order valence-corrected chi connectivity index (χ3v) is 5.76. The van der Waals surface area contributed by atoms with Crippen LogP contribution >= 0.6 is 15.6 Å². The van der Waals surface area contributed by atoms with Gasteiger partial charge in [0.05, 0.1) is 12.9 Å². The van der Waals surface area contributed by atoms with E-state index in [1.54, 1.807) is 0 Å². The van der Waals surface area contributed by atoms with Gasteiger partial charge in [-0.1, -0.05) is 0 Å². The van der Waals surface area contributed by atoms with Gasteiger partial charge in [-0.25, -0.2) is 24.1 Å². The lowest BCUT2D eigenvalue weighted by Crippen LogP contribution is -2.33. The van der Waals surface area contributed by atoms with Crippen LogP contribution in [0.1, 0.15) is 6.23 Å². The molecule has 1 aliphatic rings. The minimum atomic E-state index is -5.29. The molecule has 150 valence electrons. The first-order valence-electron chi connectivity index (χ1n) is 7.17. The van der Waals surface area contributed by atoms with Gasteiger partial charge in [0.1, 0.15) is 30.2 Å². The van der Waals surface area contributed by atoms with Gasteiger partial charge >= 0.3 is 15.6 Å². The van der Waals surface area contributed by atoms with Gasteiger partial charge in [0.2, 0.25) is 0 Å². The number of imidazole rings is 1. The summed E-state index contributed by atoms with van der Waals surface area (Å²) in [5.41, 5.74) is 6.11. The molecule has 7 N–H and O–H groups in total. The number of aromatic nitrogens is 4. The van der Waals surface area contributed by atoms with Crippen molar-refractivity contribution < 1.29 is 47.6 Å². The summed E-state index contributed by atoms with van der Waals surface area (Å²) >= 11 is 0. The number of fused-ring (bicyclic) bond motifs is 1. The van der Waals surface area contributed by atoms with Crippen LogP contribution in [0.5, 0.6) is 0 Å². The van der Waals surface area contributed by atoms with Crippen LogP contribution in [0.15, 0.2) is 12.7 Å². The second kappa shape index (κ2) is 7.14. The number of aliphatic hydroxyl groups excluding tert-OH is 2. The number of aliphatic hydroxyl groups is 2. The van der Waals surface area contributed by atoms with Gasteiger partial charge in [0, 0.05) is 0 Å². The van der Waals surface area contributed by atoms with Gasteiger partial charge < -0.3 is 35.4 Å². The highest BCUT2D eigenvalue weighted by molar-refractivity contribution is 7.60. The van der Waals surface area contributed by atoms with E-state index in [1.807, 2.05) is 0 Å². The Morgan fingerprint density at radius 3 is 2.56 bits per heavy atom. The van der Waals surface area contributed by atoms with Crippen molar-refractivity contribution in [2.24, 2.45) is 0 Å². The van der Waals surface area contributed by atoms with Gasteiger partial charge in [0.25, 0.3) is 0 Å². The van der Waals surface area contributed by atoms with Crippen LogP contribution in [0, 0.1) is 0 Å². The molecule has 15 nitrogen and oxygen atoms in total. The Morgan fingerprint density at radius 1 is 1.19 bits per heavy atom. The van der Waals surface area contributed by atoms with Crippen molar-refractivity contribution in [3.63, 3.8) is 0 Å². The second-order valence-electron chi connectivity index (χ2n) is 5.47. The zero-order valence-electron chi connectivity index (χ0n) is 13.2. The van der Waals surface area contributed by atoms with Gasteiger partial charge in [-0.15, -0.1) is 0 Å². The average Bonchev–Trinajstić information content (AvgIpc) is 3.07. The molecule has 3 heterocycles. The lowest BCUT2D eigenvalue weighted by atomic mass is 10.1. The Morgan fingerprint density at radius 2 is 1.89 bits per heavy atom. The maximum atomic E-state index is 11.5. The standard InChI is InChI=1S/C10H15N5O10P2/c11-8-5-9(13-2-12-8)15(3-14-5)10-7(17)6(16)4(24-10)1-23-27(21,22)25-26(18,19)20/h2-4,6-7,10,16-17H,1H2,(H,21,22)(H2,11,12,13)(H2,18,19,20)/t4-,6?,7?,10-/m1/s1. The second-order valence-corrected chi connectivity index (χ2v) is 8.30. The minimum absolute atomic E-state index is 0.0856. The molecular weight excluding hydrogens is 412 g/mol. The molecule has 0 amide bonds. The zero-order chi connectivity index (χ0) is 20.0. The quantitative estimate of drug-likeness (QED) is 0.281. The van der Waals surface area contributed by atoms with E-state index in [2.05, 4.69) is 23.8 Å². The average molecular weight is 427 g/mol. The summed E-state index contributed by atoms with van der Waals surface area (Å²) in [7, 11) is -10.4. The number of phosphoric acid groups is 2. The molecule has 1 fully saturated rings. The van der Waals surface area contributed by atoms with Crippen LogP contribution in [0.3, 0.4) is 0 Å². The molecule has 1 saturated heterocycles. The largest absolute Gasteiger partial charge is 0.481 e. The SMILES string of the molecule is Nc1ncnc2c1ncn2[C@@H]1O[C@H](COP(=O)(O)OP(=O)(O)O)C(O)C1O. The Hall–Kier alpha value is -1.51. The van der Waals surface area contributed by atoms with E-state index in [1.165, 1.54) is 10.9 Å². The number of ether oxygens (including phenoxy) is 1. The summed E-state index contributed by atoms with van der Waals surface area (Å²) in [5, 5.41) is 20.3. The van der Waals surface area contributed by atoms with Crippen molar-refractivity contribution in [1.82, 2.24) is 19.5 Å². The molecule has 0 radical (unpaired) electrons. The van der Waals surface area contributed by atoms with E-state index in [0.29, 0.717) is 0 Å². The molecule has 5 atom stereocenters. The Labute approximate surface area is 150 Å². The van der Waals surface area contributed by atoms with Crippen molar-refractivity contribution in [3.05, 3.63) is 12.7 Å². The third kappa shape index (κ3) is 4.33. The topological polar surface area (TPSA) is 233 Å². The molecule has 2 aromatic rings. The molecule has 0 aromatic carbocycles. The van der Waals surface area contributed by atoms with E-state index < -0.39 is 46.8 Å². The molecule has 27 heavy (non-hydrogen) atoms. The maximum Gasteiger partial charge on any atom is 0.481 e. The summed E-state index contributed by atoms with van der Waals surface area (Å²) in [6.07, 6.45) is -3.20. The molecule has 0 spiro atoms. The molecule has 1 aliphatic heterocycles. The minimum Gasteiger partial charge on any atom is -0.387 e. The Balaban J connectivity index is 1.75. The Bertz CT molecular complexity index is 932. The van der Waals surface area contributed by atoms with E-state index >= 15 is 0 Å². The lowest BCUT2D eigenvalue weighted by molar-refractivity contribution is -0.0503. The van der Waals surface area contributed by atoms with Gasteiger partial charge in [-0.3, -0.25) is 9.09 Å². The van der Waals surface area contributed by atoms with Crippen LogP contribution in [0.2, 0.25) is 0 Å². The highest BCUT2D eigenvalue weighted by Gasteiger charge is 2.46.